The molecule has 1 fully saturated rings. The van der Waals surface area contributed by atoms with Crippen LogP contribution in [0.5, 0.6) is 0 Å². The van der Waals surface area contributed by atoms with Crippen molar-refractivity contribution >= 4 is 11.7 Å². The van der Waals surface area contributed by atoms with Gasteiger partial charge >= 0.3 is 0 Å². The van der Waals surface area contributed by atoms with Gasteiger partial charge in [-0.15, -0.1) is 0 Å². The maximum atomic E-state index is 12.7. The lowest BCUT2D eigenvalue weighted by Gasteiger charge is -2.32. The maximum Gasteiger partial charge on any atom is 0.261 e. The molecule has 1 aliphatic rings. The molecule has 0 unspecified atom stereocenters. The number of rotatable bonds is 6. The summed E-state index contributed by atoms with van der Waals surface area (Å²) >= 11 is 0. The van der Waals surface area contributed by atoms with Gasteiger partial charge in [0.15, 0.2) is 0 Å². The van der Waals surface area contributed by atoms with E-state index in [-0.39, 0.29) is 11.8 Å². The third kappa shape index (κ3) is 4.80. The summed E-state index contributed by atoms with van der Waals surface area (Å²) in [5.41, 5.74) is 3.71. The molecule has 172 valence electrons. The third-order valence-corrected chi connectivity index (χ3v) is 6.05. The molecule has 1 amide bonds. The number of benzene rings is 1. The SMILES string of the molecule is Cc1cccc(-c2noc(-c3cccnc3N3CCC(C(=O)NCc4ccccn4)CC3)n2)c1. The lowest BCUT2D eigenvalue weighted by Crippen LogP contribution is -2.41. The highest BCUT2D eigenvalue weighted by molar-refractivity contribution is 5.79. The maximum absolute atomic E-state index is 12.7. The monoisotopic (exact) mass is 454 g/mol. The number of piperidine rings is 1. The van der Waals surface area contributed by atoms with Crippen LogP contribution in [0.2, 0.25) is 0 Å². The summed E-state index contributed by atoms with van der Waals surface area (Å²) in [6.45, 7) is 3.94. The number of aromatic nitrogens is 4. The van der Waals surface area contributed by atoms with Crippen molar-refractivity contribution in [3.63, 3.8) is 0 Å². The second-order valence-electron chi connectivity index (χ2n) is 8.47. The standard InChI is InChI=1S/C26H26N6O2/c1-18-6-4-7-20(16-18)23-30-26(34-31-23)22-9-5-13-28-24(22)32-14-10-19(11-15-32)25(33)29-17-21-8-2-3-12-27-21/h2-9,12-13,16,19H,10-11,14-15,17H2,1H3,(H,29,33). The number of anilines is 1. The number of amides is 1. The molecule has 1 N–H and O–H groups in total. The van der Waals surface area contributed by atoms with Crippen LogP contribution in [0.25, 0.3) is 22.8 Å². The quantitative estimate of drug-likeness (QED) is 0.470. The number of pyridine rings is 2. The van der Waals surface area contributed by atoms with E-state index in [4.69, 9.17) is 4.52 Å². The van der Waals surface area contributed by atoms with E-state index in [0.717, 1.165) is 54.1 Å². The fourth-order valence-corrected chi connectivity index (χ4v) is 4.23. The van der Waals surface area contributed by atoms with E-state index in [1.807, 2.05) is 61.5 Å². The Morgan fingerprint density at radius 1 is 1.06 bits per heavy atom. The second-order valence-corrected chi connectivity index (χ2v) is 8.47. The Morgan fingerprint density at radius 3 is 2.71 bits per heavy atom. The average molecular weight is 455 g/mol. The number of hydrogen-bond acceptors (Lipinski definition) is 7. The molecule has 1 aliphatic heterocycles. The van der Waals surface area contributed by atoms with Crippen molar-refractivity contribution in [1.82, 2.24) is 25.4 Å². The second kappa shape index (κ2) is 9.82. The van der Waals surface area contributed by atoms with Crippen LogP contribution in [0.3, 0.4) is 0 Å². The van der Waals surface area contributed by atoms with Crippen molar-refractivity contribution in [2.45, 2.75) is 26.3 Å². The van der Waals surface area contributed by atoms with Crippen molar-refractivity contribution in [2.75, 3.05) is 18.0 Å². The van der Waals surface area contributed by atoms with E-state index >= 15 is 0 Å². The molecule has 1 saturated heterocycles. The van der Waals surface area contributed by atoms with Gasteiger partial charge in [0.1, 0.15) is 5.82 Å². The van der Waals surface area contributed by atoms with Crippen molar-refractivity contribution in [1.29, 1.82) is 0 Å². The van der Waals surface area contributed by atoms with Gasteiger partial charge in [-0.2, -0.15) is 4.98 Å². The zero-order valence-corrected chi connectivity index (χ0v) is 19.0. The van der Waals surface area contributed by atoms with Crippen molar-refractivity contribution in [2.24, 2.45) is 5.92 Å². The van der Waals surface area contributed by atoms with Crippen molar-refractivity contribution in [3.8, 4) is 22.8 Å². The summed E-state index contributed by atoms with van der Waals surface area (Å²) in [5, 5.41) is 7.19. The molecule has 34 heavy (non-hydrogen) atoms. The summed E-state index contributed by atoms with van der Waals surface area (Å²) in [4.78, 5) is 28.3. The molecule has 0 saturated carbocycles. The zero-order chi connectivity index (χ0) is 23.3. The Balaban J connectivity index is 1.25. The molecule has 0 aliphatic carbocycles. The van der Waals surface area contributed by atoms with Gasteiger partial charge in [-0.25, -0.2) is 4.98 Å². The van der Waals surface area contributed by atoms with Gasteiger partial charge in [-0.05, 0) is 50.1 Å². The van der Waals surface area contributed by atoms with Crippen LogP contribution in [-0.4, -0.2) is 39.1 Å². The summed E-state index contributed by atoms with van der Waals surface area (Å²) in [6, 6.07) is 17.5. The first kappa shape index (κ1) is 21.8. The van der Waals surface area contributed by atoms with Gasteiger partial charge in [0.25, 0.3) is 5.89 Å². The van der Waals surface area contributed by atoms with Gasteiger partial charge in [0.05, 0.1) is 17.8 Å². The van der Waals surface area contributed by atoms with Crippen molar-refractivity contribution in [3.05, 3.63) is 78.2 Å². The Kier molecular flexibility index (Phi) is 6.29. The molecule has 1 aromatic carbocycles. The minimum atomic E-state index is -0.0246. The van der Waals surface area contributed by atoms with Gasteiger partial charge in [0.2, 0.25) is 11.7 Å². The Labute approximate surface area is 198 Å². The predicted molar refractivity (Wildman–Crippen MR) is 129 cm³/mol. The van der Waals surface area contributed by atoms with E-state index in [9.17, 15) is 4.79 Å². The predicted octanol–water partition coefficient (Wildman–Crippen LogP) is 4.03. The number of hydrogen-bond donors (Lipinski definition) is 1. The molecule has 4 heterocycles. The number of nitrogens with zero attached hydrogens (tertiary/aromatic N) is 5. The van der Waals surface area contributed by atoms with Gasteiger partial charge in [-0.1, -0.05) is 35.0 Å². The molecule has 0 bridgehead atoms. The van der Waals surface area contributed by atoms with Gasteiger partial charge in [-0.3, -0.25) is 9.78 Å². The smallest absolute Gasteiger partial charge is 0.261 e. The van der Waals surface area contributed by atoms with E-state index in [1.54, 1.807) is 12.4 Å². The summed E-state index contributed by atoms with van der Waals surface area (Å²) < 4.78 is 5.61. The largest absolute Gasteiger partial charge is 0.356 e. The van der Waals surface area contributed by atoms with Crippen LogP contribution in [0.1, 0.15) is 24.1 Å². The number of aryl methyl sites for hydroxylation is 1. The minimum Gasteiger partial charge on any atom is -0.356 e. The lowest BCUT2D eigenvalue weighted by atomic mass is 9.95. The Bertz CT molecular complexity index is 1270. The normalized spacial score (nSPS) is 14.2. The molecule has 8 nitrogen and oxygen atoms in total. The Morgan fingerprint density at radius 2 is 1.91 bits per heavy atom. The molecule has 8 heteroatoms. The molecule has 5 rings (SSSR count). The lowest BCUT2D eigenvalue weighted by molar-refractivity contribution is -0.125. The zero-order valence-electron chi connectivity index (χ0n) is 19.0. The Hall–Kier alpha value is -4.07. The van der Waals surface area contributed by atoms with Crippen molar-refractivity contribution < 1.29 is 9.32 Å². The van der Waals surface area contributed by atoms with Crippen LogP contribution in [0.15, 0.2) is 71.5 Å². The minimum absolute atomic E-state index is 0.0246. The highest BCUT2D eigenvalue weighted by atomic mass is 16.5. The molecular formula is C26H26N6O2. The molecule has 0 atom stereocenters. The fraction of sp³-hybridized carbons (Fsp3) is 0.269. The van der Waals surface area contributed by atoms with Crippen LogP contribution >= 0.6 is 0 Å². The molecule has 0 spiro atoms. The molecule has 3 aromatic heterocycles. The van der Waals surface area contributed by atoms with Crippen LogP contribution < -0.4 is 10.2 Å². The molecule has 0 radical (unpaired) electrons. The first-order valence-corrected chi connectivity index (χ1v) is 11.5. The van der Waals surface area contributed by atoms with Gasteiger partial charge < -0.3 is 14.7 Å². The van der Waals surface area contributed by atoms with E-state index in [1.165, 1.54) is 0 Å². The van der Waals surface area contributed by atoms with Crippen LogP contribution in [-0.2, 0) is 11.3 Å². The van der Waals surface area contributed by atoms with E-state index in [0.29, 0.717) is 18.3 Å². The van der Waals surface area contributed by atoms with E-state index in [2.05, 4.69) is 30.3 Å². The first-order valence-electron chi connectivity index (χ1n) is 11.5. The van der Waals surface area contributed by atoms with Crippen LogP contribution in [0, 0.1) is 12.8 Å². The number of carbonyl (C=O) groups excluding carboxylic acids is 1. The highest BCUT2D eigenvalue weighted by Gasteiger charge is 2.27. The topological polar surface area (TPSA) is 97.0 Å². The molecule has 4 aromatic rings. The van der Waals surface area contributed by atoms with Crippen LogP contribution in [0.4, 0.5) is 5.82 Å². The summed E-state index contributed by atoms with van der Waals surface area (Å²) in [5.74, 6) is 1.84. The number of carbonyl (C=O) groups is 1. The average Bonchev–Trinajstić information content (AvgIpc) is 3.38. The fourth-order valence-electron chi connectivity index (χ4n) is 4.23. The summed E-state index contributed by atoms with van der Waals surface area (Å²) in [7, 11) is 0. The highest BCUT2D eigenvalue weighted by Crippen LogP contribution is 2.32. The van der Waals surface area contributed by atoms with E-state index < -0.39 is 0 Å². The third-order valence-electron chi connectivity index (χ3n) is 6.05. The molecular weight excluding hydrogens is 428 g/mol. The number of nitrogens with one attached hydrogen (secondary N) is 1. The van der Waals surface area contributed by atoms with Gasteiger partial charge in [0, 0.05) is 37.0 Å². The summed E-state index contributed by atoms with van der Waals surface area (Å²) in [6.07, 6.45) is 5.00. The first-order chi connectivity index (χ1) is 16.7.